The summed E-state index contributed by atoms with van der Waals surface area (Å²) in [6.07, 6.45) is 4.38. The van der Waals surface area contributed by atoms with Gasteiger partial charge in [0.15, 0.2) is 0 Å². The third-order valence-corrected chi connectivity index (χ3v) is 3.76. The molecule has 1 amide bonds. The first-order valence-corrected chi connectivity index (χ1v) is 7.21. The summed E-state index contributed by atoms with van der Waals surface area (Å²) in [5.41, 5.74) is 0.698. The minimum atomic E-state index is -0.162. The van der Waals surface area contributed by atoms with E-state index >= 15 is 0 Å². The van der Waals surface area contributed by atoms with Crippen molar-refractivity contribution in [2.24, 2.45) is 5.92 Å². The molecule has 0 bridgehead atoms. The van der Waals surface area contributed by atoms with Crippen LogP contribution in [0.1, 0.15) is 36.7 Å². The Morgan fingerprint density at radius 3 is 2.94 bits per heavy atom. The van der Waals surface area contributed by atoms with Crippen LogP contribution in [-0.4, -0.2) is 28.2 Å². The molecule has 1 aromatic rings. The second kappa shape index (κ2) is 5.89. The first-order chi connectivity index (χ1) is 8.60. The summed E-state index contributed by atoms with van der Waals surface area (Å²) in [6.45, 7) is 3.59. The van der Waals surface area contributed by atoms with E-state index in [9.17, 15) is 9.90 Å². The van der Waals surface area contributed by atoms with Crippen molar-refractivity contribution in [1.82, 2.24) is 9.88 Å². The van der Waals surface area contributed by atoms with Gasteiger partial charge in [0.2, 0.25) is 0 Å². The number of aliphatic hydroxyl groups excluding tert-OH is 1. The molecule has 1 fully saturated rings. The van der Waals surface area contributed by atoms with Crippen molar-refractivity contribution in [3.63, 3.8) is 0 Å². The predicted molar refractivity (Wildman–Crippen MR) is 73.5 cm³/mol. The van der Waals surface area contributed by atoms with Gasteiger partial charge in [-0.2, -0.15) is 0 Å². The standard InChI is InChI=1S/C13H19BrN2O2/c1-2-3-16-8-10(14)6-12(16)13(18)15-7-9-4-11(17)5-9/h6,8-9,11,17H,2-5,7H2,1H3,(H,15,18). The van der Waals surface area contributed by atoms with E-state index in [1.165, 1.54) is 0 Å². The van der Waals surface area contributed by atoms with E-state index in [0.717, 1.165) is 30.3 Å². The summed E-state index contributed by atoms with van der Waals surface area (Å²) in [5.74, 6) is 0.400. The number of hydrogen-bond acceptors (Lipinski definition) is 2. The summed E-state index contributed by atoms with van der Waals surface area (Å²) >= 11 is 3.40. The molecule has 4 nitrogen and oxygen atoms in total. The van der Waals surface area contributed by atoms with Gasteiger partial charge in [-0.1, -0.05) is 6.92 Å². The number of nitrogens with zero attached hydrogens (tertiary/aromatic N) is 1. The van der Waals surface area contributed by atoms with E-state index < -0.39 is 0 Å². The molecule has 100 valence electrons. The number of hydrogen-bond donors (Lipinski definition) is 2. The zero-order valence-electron chi connectivity index (χ0n) is 10.5. The Balaban J connectivity index is 1.91. The smallest absolute Gasteiger partial charge is 0.267 e. The molecule has 0 unspecified atom stereocenters. The highest BCUT2D eigenvalue weighted by atomic mass is 79.9. The van der Waals surface area contributed by atoms with Crippen LogP contribution < -0.4 is 5.32 Å². The lowest BCUT2D eigenvalue weighted by Crippen LogP contribution is -2.38. The number of nitrogens with one attached hydrogen (secondary N) is 1. The summed E-state index contributed by atoms with van der Waals surface area (Å²) in [7, 11) is 0. The lowest BCUT2D eigenvalue weighted by molar-refractivity contribution is 0.0419. The third kappa shape index (κ3) is 3.14. The van der Waals surface area contributed by atoms with E-state index in [2.05, 4.69) is 28.2 Å². The van der Waals surface area contributed by atoms with E-state index in [-0.39, 0.29) is 12.0 Å². The van der Waals surface area contributed by atoms with Crippen LogP contribution in [0.2, 0.25) is 0 Å². The van der Waals surface area contributed by atoms with E-state index in [1.807, 2.05) is 16.8 Å². The summed E-state index contributed by atoms with van der Waals surface area (Å²) in [6, 6.07) is 1.85. The lowest BCUT2D eigenvalue weighted by atomic mass is 9.82. The van der Waals surface area contributed by atoms with Gasteiger partial charge in [0.1, 0.15) is 5.69 Å². The third-order valence-electron chi connectivity index (χ3n) is 3.32. The molecule has 1 aromatic heterocycles. The van der Waals surface area contributed by atoms with Crippen molar-refractivity contribution in [3.8, 4) is 0 Å². The normalized spacial score (nSPS) is 22.6. The number of carbonyl (C=O) groups excluding carboxylic acids is 1. The zero-order chi connectivity index (χ0) is 13.1. The number of rotatable bonds is 5. The maximum Gasteiger partial charge on any atom is 0.267 e. The van der Waals surface area contributed by atoms with Crippen molar-refractivity contribution in [3.05, 3.63) is 22.4 Å². The highest BCUT2D eigenvalue weighted by Crippen LogP contribution is 2.26. The molecule has 1 aliphatic carbocycles. The Kier molecular flexibility index (Phi) is 4.45. The zero-order valence-corrected chi connectivity index (χ0v) is 12.1. The first-order valence-electron chi connectivity index (χ1n) is 6.42. The largest absolute Gasteiger partial charge is 0.393 e. The Labute approximate surface area is 116 Å². The molecule has 0 spiro atoms. The van der Waals surface area contributed by atoms with Crippen molar-refractivity contribution < 1.29 is 9.90 Å². The second-order valence-electron chi connectivity index (χ2n) is 4.94. The molecule has 18 heavy (non-hydrogen) atoms. The molecule has 2 N–H and O–H groups in total. The SMILES string of the molecule is CCCn1cc(Br)cc1C(=O)NCC1CC(O)C1. The number of halogens is 1. The maximum absolute atomic E-state index is 12.1. The van der Waals surface area contributed by atoms with Crippen LogP contribution in [-0.2, 0) is 6.54 Å². The van der Waals surface area contributed by atoms with Crippen LogP contribution >= 0.6 is 15.9 Å². The topological polar surface area (TPSA) is 54.3 Å². The number of amides is 1. The lowest BCUT2D eigenvalue weighted by Gasteiger charge is -2.31. The Bertz CT molecular complexity index is 425. The molecule has 1 heterocycles. The molecule has 0 saturated heterocycles. The molecule has 1 aliphatic rings. The second-order valence-corrected chi connectivity index (χ2v) is 5.85. The van der Waals surface area contributed by atoms with Gasteiger partial charge in [0.05, 0.1) is 6.10 Å². The van der Waals surface area contributed by atoms with Gasteiger partial charge < -0.3 is 15.0 Å². The number of carbonyl (C=O) groups is 1. The van der Waals surface area contributed by atoms with Crippen molar-refractivity contribution in [2.45, 2.75) is 38.8 Å². The van der Waals surface area contributed by atoms with Gasteiger partial charge in [0.25, 0.3) is 5.91 Å². The average molecular weight is 315 g/mol. The Morgan fingerprint density at radius 2 is 2.33 bits per heavy atom. The molecular weight excluding hydrogens is 296 g/mol. The van der Waals surface area contributed by atoms with Crippen LogP contribution in [0, 0.1) is 5.92 Å². The van der Waals surface area contributed by atoms with E-state index in [0.29, 0.717) is 18.2 Å². The highest BCUT2D eigenvalue weighted by Gasteiger charge is 2.27. The fraction of sp³-hybridized carbons (Fsp3) is 0.615. The molecule has 1 saturated carbocycles. The minimum Gasteiger partial charge on any atom is -0.393 e. The van der Waals surface area contributed by atoms with Gasteiger partial charge in [-0.05, 0) is 47.2 Å². The number of aromatic nitrogens is 1. The van der Waals surface area contributed by atoms with Gasteiger partial charge in [0, 0.05) is 23.8 Å². The predicted octanol–water partition coefficient (Wildman–Crippen LogP) is 2.16. The maximum atomic E-state index is 12.1. The Morgan fingerprint density at radius 1 is 1.61 bits per heavy atom. The fourth-order valence-electron chi connectivity index (χ4n) is 2.29. The van der Waals surface area contributed by atoms with Gasteiger partial charge >= 0.3 is 0 Å². The number of aliphatic hydroxyl groups is 1. The van der Waals surface area contributed by atoms with Crippen molar-refractivity contribution in [2.75, 3.05) is 6.54 Å². The number of aryl methyl sites for hydroxylation is 1. The summed E-state index contributed by atoms with van der Waals surface area (Å²) in [4.78, 5) is 12.1. The monoisotopic (exact) mass is 314 g/mol. The fourth-order valence-corrected chi connectivity index (χ4v) is 2.75. The van der Waals surface area contributed by atoms with Crippen molar-refractivity contribution >= 4 is 21.8 Å². The van der Waals surface area contributed by atoms with Crippen LogP contribution in [0.25, 0.3) is 0 Å². The molecule has 0 aromatic carbocycles. The average Bonchev–Trinajstić information content (AvgIpc) is 2.64. The molecule has 0 atom stereocenters. The molecule has 5 heteroatoms. The molecule has 0 aliphatic heterocycles. The van der Waals surface area contributed by atoms with Gasteiger partial charge in [-0.15, -0.1) is 0 Å². The molecule has 2 rings (SSSR count). The molecule has 0 radical (unpaired) electrons. The summed E-state index contributed by atoms with van der Waals surface area (Å²) in [5, 5.41) is 12.1. The Hall–Kier alpha value is -0.810. The van der Waals surface area contributed by atoms with Gasteiger partial charge in [-0.3, -0.25) is 4.79 Å². The van der Waals surface area contributed by atoms with Crippen LogP contribution in [0.5, 0.6) is 0 Å². The quantitative estimate of drug-likeness (QED) is 0.875. The highest BCUT2D eigenvalue weighted by molar-refractivity contribution is 9.10. The van der Waals surface area contributed by atoms with E-state index in [4.69, 9.17) is 0 Å². The van der Waals surface area contributed by atoms with Gasteiger partial charge in [-0.25, -0.2) is 0 Å². The van der Waals surface area contributed by atoms with Crippen LogP contribution in [0.3, 0.4) is 0 Å². The van der Waals surface area contributed by atoms with Crippen LogP contribution in [0.15, 0.2) is 16.7 Å². The molecular formula is C13H19BrN2O2. The first kappa shape index (κ1) is 13.6. The van der Waals surface area contributed by atoms with E-state index in [1.54, 1.807) is 0 Å². The minimum absolute atomic E-state index is 0.0319. The summed E-state index contributed by atoms with van der Waals surface area (Å²) < 4.78 is 2.90. The van der Waals surface area contributed by atoms with Crippen molar-refractivity contribution in [1.29, 1.82) is 0 Å². The van der Waals surface area contributed by atoms with Crippen LogP contribution in [0.4, 0.5) is 0 Å².